The van der Waals surface area contributed by atoms with E-state index in [2.05, 4.69) is 27.0 Å². The monoisotopic (exact) mass is 449 g/mol. The highest BCUT2D eigenvalue weighted by atomic mass is 16.6. The van der Waals surface area contributed by atoms with Crippen LogP contribution in [-0.4, -0.2) is 35.0 Å². The van der Waals surface area contributed by atoms with Crippen LogP contribution in [0, 0.1) is 18.3 Å². The van der Waals surface area contributed by atoms with Gasteiger partial charge in [-0.3, -0.25) is 4.79 Å². The third kappa shape index (κ3) is 6.69. The van der Waals surface area contributed by atoms with Gasteiger partial charge in [0.25, 0.3) is 0 Å². The first-order chi connectivity index (χ1) is 15.7. The van der Waals surface area contributed by atoms with Crippen LogP contribution in [0.2, 0.25) is 0 Å². The Kier molecular flexibility index (Phi) is 7.54. The molecule has 1 unspecified atom stereocenters. The van der Waals surface area contributed by atoms with E-state index in [1.807, 2.05) is 52.0 Å². The number of amides is 1. The van der Waals surface area contributed by atoms with E-state index in [9.17, 15) is 14.9 Å². The number of rotatable bonds is 6. The summed E-state index contributed by atoms with van der Waals surface area (Å²) in [4.78, 5) is 28.7. The van der Waals surface area contributed by atoms with E-state index in [1.165, 1.54) is 0 Å². The van der Waals surface area contributed by atoms with Gasteiger partial charge in [0.2, 0.25) is 0 Å². The minimum absolute atomic E-state index is 0.0841. The fourth-order valence-corrected chi connectivity index (χ4v) is 3.92. The summed E-state index contributed by atoms with van der Waals surface area (Å²) >= 11 is 0. The Balaban J connectivity index is 1.84. The summed E-state index contributed by atoms with van der Waals surface area (Å²) < 4.78 is 5.42. The molecule has 33 heavy (non-hydrogen) atoms. The quantitative estimate of drug-likeness (QED) is 0.527. The lowest BCUT2D eigenvalue weighted by Gasteiger charge is -2.34. The summed E-state index contributed by atoms with van der Waals surface area (Å²) in [6.07, 6.45) is 3.84. The molecule has 1 saturated carbocycles. The lowest BCUT2D eigenvalue weighted by Crippen LogP contribution is -2.49. The van der Waals surface area contributed by atoms with Crippen molar-refractivity contribution in [3.8, 4) is 6.07 Å². The van der Waals surface area contributed by atoms with E-state index >= 15 is 0 Å². The number of hydrogen-bond donors (Lipinski definition) is 3. The van der Waals surface area contributed by atoms with E-state index in [1.54, 1.807) is 6.07 Å². The molecule has 1 heterocycles. The summed E-state index contributed by atoms with van der Waals surface area (Å²) in [6, 6.07) is 11.1. The molecule has 3 rings (SSSR count). The third-order valence-electron chi connectivity index (χ3n) is 5.38. The fraction of sp³-hybridized carbons (Fsp3) is 0.440. The van der Waals surface area contributed by atoms with E-state index < -0.39 is 11.7 Å². The van der Waals surface area contributed by atoms with Gasteiger partial charge < -0.3 is 20.7 Å². The number of nitrogens with zero attached hydrogens (tertiary/aromatic N) is 2. The minimum atomic E-state index is -0.577. The van der Waals surface area contributed by atoms with Gasteiger partial charge in [-0.2, -0.15) is 5.26 Å². The first-order valence-corrected chi connectivity index (χ1v) is 11.2. The fourth-order valence-electron chi connectivity index (χ4n) is 3.92. The van der Waals surface area contributed by atoms with Crippen LogP contribution in [0.5, 0.6) is 0 Å². The van der Waals surface area contributed by atoms with Crippen LogP contribution in [0.25, 0.3) is 0 Å². The van der Waals surface area contributed by atoms with Crippen molar-refractivity contribution in [3.05, 3.63) is 47.0 Å². The van der Waals surface area contributed by atoms with Crippen molar-refractivity contribution in [3.63, 3.8) is 0 Å². The lowest BCUT2D eigenvalue weighted by molar-refractivity contribution is 0.0488. The zero-order chi connectivity index (χ0) is 24.0. The number of nitrogens with one attached hydrogen (secondary N) is 3. The third-order valence-corrected chi connectivity index (χ3v) is 5.38. The second-order valence-electron chi connectivity index (χ2n) is 9.33. The minimum Gasteiger partial charge on any atom is -0.444 e. The van der Waals surface area contributed by atoms with Crippen LogP contribution in [0.15, 0.2) is 30.3 Å². The molecule has 1 aromatic carbocycles. The maximum atomic E-state index is 12.3. The van der Waals surface area contributed by atoms with Crippen LogP contribution in [-0.2, 0) is 4.74 Å². The Hall–Kier alpha value is -3.60. The van der Waals surface area contributed by atoms with Crippen molar-refractivity contribution in [2.45, 2.75) is 71.1 Å². The Morgan fingerprint density at radius 1 is 1.21 bits per heavy atom. The van der Waals surface area contributed by atoms with Crippen molar-refractivity contribution in [2.24, 2.45) is 0 Å². The molecule has 0 saturated heterocycles. The SMILES string of the molecule is Cc1cccc(Nc2nc(NC3CCCC[C@@H]3NC(=O)OC(C)(C)C)cc(C#N)c2C=O)c1. The van der Waals surface area contributed by atoms with Gasteiger partial charge in [-0.05, 0) is 64.3 Å². The molecule has 0 bridgehead atoms. The maximum absolute atomic E-state index is 12.3. The average molecular weight is 450 g/mol. The lowest BCUT2D eigenvalue weighted by atomic mass is 9.90. The van der Waals surface area contributed by atoms with Crippen molar-refractivity contribution in [2.75, 3.05) is 10.6 Å². The first-order valence-electron chi connectivity index (χ1n) is 11.2. The average Bonchev–Trinajstić information content (AvgIpc) is 2.73. The van der Waals surface area contributed by atoms with Gasteiger partial charge in [-0.15, -0.1) is 0 Å². The van der Waals surface area contributed by atoms with Gasteiger partial charge in [-0.25, -0.2) is 9.78 Å². The first kappa shape index (κ1) is 24.1. The van der Waals surface area contributed by atoms with Gasteiger partial charge in [0, 0.05) is 11.7 Å². The predicted octanol–water partition coefficient (Wildman–Crippen LogP) is 5.07. The molecule has 0 spiro atoms. The van der Waals surface area contributed by atoms with Gasteiger partial charge in [0.05, 0.1) is 17.2 Å². The molecule has 8 heteroatoms. The molecule has 3 N–H and O–H groups in total. The van der Waals surface area contributed by atoms with Gasteiger partial charge in [0.15, 0.2) is 6.29 Å². The number of aldehydes is 1. The van der Waals surface area contributed by atoms with Gasteiger partial charge >= 0.3 is 6.09 Å². The van der Waals surface area contributed by atoms with E-state index in [0.29, 0.717) is 17.9 Å². The van der Waals surface area contributed by atoms with Crippen LogP contribution in [0.3, 0.4) is 0 Å². The zero-order valence-electron chi connectivity index (χ0n) is 19.6. The Labute approximate surface area is 194 Å². The smallest absolute Gasteiger partial charge is 0.407 e. The number of pyridine rings is 1. The van der Waals surface area contributed by atoms with Crippen LogP contribution < -0.4 is 16.0 Å². The van der Waals surface area contributed by atoms with E-state index in [4.69, 9.17) is 4.74 Å². The summed E-state index contributed by atoms with van der Waals surface area (Å²) in [7, 11) is 0. The Bertz CT molecular complexity index is 1050. The summed E-state index contributed by atoms with van der Waals surface area (Å²) in [5.74, 6) is 0.778. The molecule has 1 aromatic heterocycles. The topological polar surface area (TPSA) is 116 Å². The summed E-state index contributed by atoms with van der Waals surface area (Å²) in [6.45, 7) is 7.45. The van der Waals surface area contributed by atoms with Crippen LogP contribution in [0.1, 0.15) is 67.9 Å². The number of anilines is 3. The second kappa shape index (κ2) is 10.3. The van der Waals surface area contributed by atoms with Crippen molar-refractivity contribution >= 4 is 29.7 Å². The molecular formula is C25H31N5O3. The van der Waals surface area contributed by atoms with Gasteiger partial charge in [-0.1, -0.05) is 25.0 Å². The van der Waals surface area contributed by atoms with Crippen LogP contribution in [0.4, 0.5) is 22.1 Å². The normalized spacial score (nSPS) is 18.0. The number of alkyl carbamates (subject to hydrolysis) is 1. The molecule has 0 radical (unpaired) electrons. The molecule has 1 aliphatic carbocycles. The second-order valence-corrected chi connectivity index (χ2v) is 9.33. The summed E-state index contributed by atoms with van der Waals surface area (Å²) in [5.41, 5.74) is 1.68. The van der Waals surface area contributed by atoms with Gasteiger partial charge in [0.1, 0.15) is 23.3 Å². The highest BCUT2D eigenvalue weighted by Gasteiger charge is 2.29. The number of carbonyl (C=O) groups excluding carboxylic acids is 2. The highest BCUT2D eigenvalue weighted by molar-refractivity contribution is 5.88. The molecule has 8 nitrogen and oxygen atoms in total. The molecule has 174 valence electrons. The number of nitriles is 1. The molecule has 1 amide bonds. The number of aryl methyl sites for hydroxylation is 1. The number of hydrogen-bond acceptors (Lipinski definition) is 7. The van der Waals surface area contributed by atoms with Crippen molar-refractivity contribution < 1.29 is 14.3 Å². The Morgan fingerprint density at radius 3 is 2.58 bits per heavy atom. The Morgan fingerprint density at radius 2 is 1.94 bits per heavy atom. The van der Waals surface area contributed by atoms with Crippen LogP contribution >= 0.6 is 0 Å². The molecule has 2 atom stereocenters. The summed E-state index contributed by atoms with van der Waals surface area (Å²) in [5, 5.41) is 19.1. The maximum Gasteiger partial charge on any atom is 0.407 e. The zero-order valence-corrected chi connectivity index (χ0v) is 19.6. The number of ether oxygens (including phenoxy) is 1. The predicted molar refractivity (Wildman–Crippen MR) is 128 cm³/mol. The standard InChI is InChI=1S/C25H31N5O3/c1-16-8-7-9-18(12-16)27-23-19(15-31)17(14-26)13-22(30-23)28-20-10-5-6-11-21(20)29-24(32)33-25(2,3)4/h7-9,12-13,15,20-21H,5-6,10-11H2,1-4H3,(H,29,32)(H2,27,28,30)/t20?,21-/m0/s1. The molecule has 1 fully saturated rings. The van der Waals surface area contributed by atoms with E-state index in [-0.39, 0.29) is 23.2 Å². The largest absolute Gasteiger partial charge is 0.444 e. The molecule has 1 aliphatic rings. The van der Waals surface area contributed by atoms with Crippen molar-refractivity contribution in [1.29, 1.82) is 5.26 Å². The molecular weight excluding hydrogens is 418 g/mol. The van der Waals surface area contributed by atoms with Crippen molar-refractivity contribution in [1.82, 2.24) is 10.3 Å². The molecule has 2 aromatic rings. The van der Waals surface area contributed by atoms with E-state index in [0.717, 1.165) is 36.9 Å². The highest BCUT2D eigenvalue weighted by Crippen LogP contribution is 2.27. The molecule has 0 aliphatic heterocycles. The number of aromatic nitrogens is 1. The number of benzene rings is 1. The number of carbonyl (C=O) groups is 2.